The second kappa shape index (κ2) is 7.80. The minimum atomic E-state index is -0.721. The molecular weight excluding hydrogens is 390 g/mol. The molecule has 170 valence electrons. The van der Waals surface area contributed by atoms with Crippen molar-refractivity contribution in [1.29, 1.82) is 0 Å². The number of methoxy groups -OCH3 is 1. The summed E-state index contributed by atoms with van der Waals surface area (Å²) in [6.45, 7) is 10.2. The van der Waals surface area contributed by atoms with Gasteiger partial charge in [0.25, 0.3) is 0 Å². The van der Waals surface area contributed by atoms with E-state index < -0.39 is 17.4 Å². The molecule has 6 nitrogen and oxygen atoms in total. The minimum Gasteiger partial charge on any atom is -0.497 e. The lowest BCUT2D eigenvalue weighted by Gasteiger charge is -2.61. The number of ether oxygens (including phenoxy) is 1. The van der Waals surface area contributed by atoms with Crippen molar-refractivity contribution < 1.29 is 14.3 Å². The van der Waals surface area contributed by atoms with Crippen molar-refractivity contribution in [1.82, 2.24) is 10.2 Å². The van der Waals surface area contributed by atoms with Gasteiger partial charge in [-0.3, -0.25) is 14.5 Å². The molecule has 31 heavy (non-hydrogen) atoms. The van der Waals surface area contributed by atoms with Crippen LogP contribution < -0.4 is 15.8 Å². The maximum absolute atomic E-state index is 13.6. The third-order valence-electron chi connectivity index (χ3n) is 8.49. The Hall–Kier alpha value is -2.08. The van der Waals surface area contributed by atoms with Gasteiger partial charge in [-0.25, -0.2) is 0 Å². The summed E-state index contributed by atoms with van der Waals surface area (Å²) >= 11 is 0. The van der Waals surface area contributed by atoms with Crippen LogP contribution in [0, 0.1) is 17.3 Å². The van der Waals surface area contributed by atoms with Gasteiger partial charge in [0.1, 0.15) is 11.8 Å². The van der Waals surface area contributed by atoms with Crippen LogP contribution in [0.3, 0.4) is 0 Å². The molecule has 4 rings (SSSR count). The number of piperidine rings is 1. The van der Waals surface area contributed by atoms with Gasteiger partial charge < -0.3 is 15.8 Å². The fourth-order valence-electron chi connectivity index (χ4n) is 6.27. The SMILES string of the molecule is COc1ccc2c(c1)[C@@]1(C(C)(C)C(=O)N[C@@H](C)C(N)=O)CCN(CC3CC3)C(C2)[C@@H]1C. The van der Waals surface area contributed by atoms with Crippen LogP contribution in [-0.4, -0.2) is 49.0 Å². The zero-order valence-electron chi connectivity index (χ0n) is 19.5. The van der Waals surface area contributed by atoms with E-state index in [9.17, 15) is 9.59 Å². The number of hydrogen-bond donors (Lipinski definition) is 2. The molecule has 0 aromatic heterocycles. The Bertz CT molecular complexity index is 879. The molecule has 2 bridgehead atoms. The van der Waals surface area contributed by atoms with Crippen LogP contribution in [0.5, 0.6) is 5.75 Å². The number of rotatable bonds is 7. The third-order valence-corrected chi connectivity index (χ3v) is 8.49. The number of carbonyl (C=O) groups is 2. The summed E-state index contributed by atoms with van der Waals surface area (Å²) in [5.74, 6) is 1.33. The number of likely N-dealkylation sites (tertiary alicyclic amines) is 1. The molecule has 3 aliphatic rings. The van der Waals surface area contributed by atoms with E-state index in [0.29, 0.717) is 12.0 Å². The topological polar surface area (TPSA) is 84.7 Å². The molecule has 2 amide bonds. The average molecular weight is 428 g/mol. The molecule has 1 unspecified atom stereocenters. The number of nitrogens with one attached hydrogen (secondary N) is 1. The summed E-state index contributed by atoms with van der Waals surface area (Å²) in [5.41, 5.74) is 6.92. The van der Waals surface area contributed by atoms with Gasteiger partial charge in [0, 0.05) is 18.0 Å². The number of fused-ring (bicyclic) bond motifs is 4. The number of primary amides is 1. The van der Waals surface area contributed by atoms with Crippen molar-refractivity contribution in [2.75, 3.05) is 20.2 Å². The van der Waals surface area contributed by atoms with E-state index in [2.05, 4.69) is 29.3 Å². The maximum Gasteiger partial charge on any atom is 0.239 e. The molecule has 1 aromatic rings. The standard InChI is InChI=1S/C25H37N3O3/c1-15-21-12-18-8-9-19(31-5)13-20(18)25(15,10-11-28(21)14-17-6-7-17)24(3,4)23(30)27-16(2)22(26)29/h8-9,13,15-17,21H,6-7,10-12,14H2,1-5H3,(H2,26,29)(H,27,30)/t15-,16-,21?,25+/m0/s1. The normalized spacial score (nSPS) is 29.1. The van der Waals surface area contributed by atoms with Gasteiger partial charge in [0.05, 0.1) is 12.5 Å². The Labute approximate surface area is 185 Å². The van der Waals surface area contributed by atoms with Gasteiger partial charge in [-0.15, -0.1) is 0 Å². The molecule has 1 heterocycles. The quantitative estimate of drug-likeness (QED) is 0.701. The highest BCUT2D eigenvalue weighted by Crippen LogP contribution is 2.58. The summed E-state index contributed by atoms with van der Waals surface area (Å²) < 4.78 is 5.58. The van der Waals surface area contributed by atoms with E-state index in [1.165, 1.54) is 30.5 Å². The molecule has 2 aliphatic carbocycles. The van der Waals surface area contributed by atoms with Crippen LogP contribution >= 0.6 is 0 Å². The number of nitrogens with zero attached hydrogens (tertiary/aromatic N) is 1. The first-order valence-corrected chi connectivity index (χ1v) is 11.6. The van der Waals surface area contributed by atoms with Gasteiger partial charge in [-0.1, -0.05) is 26.8 Å². The maximum atomic E-state index is 13.6. The lowest BCUT2D eigenvalue weighted by atomic mass is 9.47. The molecule has 3 N–H and O–H groups in total. The lowest BCUT2D eigenvalue weighted by molar-refractivity contribution is -0.142. The summed E-state index contributed by atoms with van der Waals surface area (Å²) in [6.07, 6.45) is 4.60. The molecule has 0 radical (unpaired) electrons. The van der Waals surface area contributed by atoms with E-state index >= 15 is 0 Å². The minimum absolute atomic E-state index is 0.115. The van der Waals surface area contributed by atoms with E-state index in [4.69, 9.17) is 10.5 Å². The Morgan fingerprint density at radius 3 is 2.68 bits per heavy atom. The molecule has 1 aliphatic heterocycles. The number of carbonyl (C=O) groups excluding carboxylic acids is 2. The zero-order chi connectivity index (χ0) is 22.6. The van der Waals surface area contributed by atoms with Gasteiger partial charge >= 0.3 is 0 Å². The van der Waals surface area contributed by atoms with Gasteiger partial charge in [0.15, 0.2) is 0 Å². The van der Waals surface area contributed by atoms with Crippen molar-refractivity contribution >= 4 is 11.8 Å². The van der Waals surface area contributed by atoms with Crippen molar-refractivity contribution in [3.63, 3.8) is 0 Å². The Balaban J connectivity index is 1.79. The highest BCUT2D eigenvalue weighted by atomic mass is 16.5. The molecule has 0 spiro atoms. The second-order valence-electron chi connectivity index (χ2n) is 10.5. The van der Waals surface area contributed by atoms with Gasteiger partial charge in [0.2, 0.25) is 11.8 Å². The average Bonchev–Trinajstić information content (AvgIpc) is 3.54. The molecule has 1 saturated heterocycles. The van der Waals surface area contributed by atoms with Crippen molar-refractivity contribution in [3.05, 3.63) is 29.3 Å². The monoisotopic (exact) mass is 427 g/mol. The van der Waals surface area contributed by atoms with E-state index in [-0.39, 0.29) is 11.3 Å². The molecule has 4 atom stereocenters. The fraction of sp³-hybridized carbons (Fsp3) is 0.680. The Morgan fingerprint density at radius 2 is 2.06 bits per heavy atom. The zero-order valence-corrected chi connectivity index (χ0v) is 19.5. The van der Waals surface area contributed by atoms with Crippen LogP contribution in [0.15, 0.2) is 18.2 Å². The van der Waals surface area contributed by atoms with Crippen LogP contribution in [0.1, 0.15) is 58.1 Å². The second-order valence-corrected chi connectivity index (χ2v) is 10.5. The Morgan fingerprint density at radius 1 is 1.35 bits per heavy atom. The van der Waals surface area contributed by atoms with Crippen molar-refractivity contribution in [2.45, 2.75) is 70.9 Å². The summed E-state index contributed by atoms with van der Waals surface area (Å²) in [4.78, 5) is 27.9. The summed E-state index contributed by atoms with van der Waals surface area (Å²) in [5, 5.41) is 2.89. The molecule has 1 aromatic carbocycles. The number of amides is 2. The van der Waals surface area contributed by atoms with Crippen molar-refractivity contribution in [3.8, 4) is 5.75 Å². The fourth-order valence-corrected chi connectivity index (χ4v) is 6.27. The molecule has 2 fully saturated rings. The van der Waals surface area contributed by atoms with E-state index in [1.54, 1.807) is 14.0 Å². The van der Waals surface area contributed by atoms with Crippen LogP contribution in [0.25, 0.3) is 0 Å². The third kappa shape index (κ3) is 3.53. The predicted molar refractivity (Wildman–Crippen MR) is 121 cm³/mol. The van der Waals surface area contributed by atoms with Gasteiger partial charge in [-0.05, 0) is 74.2 Å². The van der Waals surface area contributed by atoms with E-state index in [0.717, 1.165) is 31.1 Å². The molecule has 1 saturated carbocycles. The Kier molecular flexibility index (Phi) is 5.57. The number of hydrogen-bond acceptors (Lipinski definition) is 4. The van der Waals surface area contributed by atoms with E-state index in [1.807, 2.05) is 19.9 Å². The highest BCUT2D eigenvalue weighted by molar-refractivity contribution is 5.90. The first-order valence-electron chi connectivity index (χ1n) is 11.6. The number of nitrogens with two attached hydrogens (primary N) is 1. The lowest BCUT2D eigenvalue weighted by Crippen LogP contribution is -2.67. The van der Waals surface area contributed by atoms with Crippen LogP contribution in [-0.2, 0) is 21.4 Å². The first-order chi connectivity index (χ1) is 14.6. The van der Waals surface area contributed by atoms with Gasteiger partial charge in [-0.2, -0.15) is 0 Å². The van der Waals surface area contributed by atoms with Crippen LogP contribution in [0.4, 0.5) is 0 Å². The number of benzene rings is 1. The molecule has 6 heteroatoms. The van der Waals surface area contributed by atoms with Crippen LogP contribution in [0.2, 0.25) is 0 Å². The summed E-state index contributed by atoms with van der Waals surface area (Å²) in [7, 11) is 1.69. The largest absolute Gasteiger partial charge is 0.497 e. The highest BCUT2D eigenvalue weighted by Gasteiger charge is 2.61. The predicted octanol–water partition coefficient (Wildman–Crippen LogP) is 2.63. The smallest absolute Gasteiger partial charge is 0.239 e. The summed E-state index contributed by atoms with van der Waals surface area (Å²) in [6, 6.07) is 6.08. The molecular formula is C25H37N3O3. The first kappa shape index (κ1) is 22.1. The van der Waals surface area contributed by atoms with Crippen molar-refractivity contribution in [2.24, 2.45) is 23.0 Å².